The monoisotopic (exact) mass is 357 g/mol. The second-order valence-corrected chi connectivity index (χ2v) is 6.44. The average Bonchev–Trinajstić information content (AvgIpc) is 2.57. The lowest BCUT2D eigenvalue weighted by atomic mass is 9.91. The third-order valence-corrected chi connectivity index (χ3v) is 3.57. The first-order valence-electron chi connectivity index (χ1n) is 5.68. The van der Waals surface area contributed by atoms with Gasteiger partial charge in [-0.2, -0.15) is 9.78 Å². The molecule has 0 amide bonds. The van der Waals surface area contributed by atoms with E-state index < -0.39 is 0 Å². The number of hydrogen-bond donors (Lipinski definition) is 1. The Labute approximate surface area is 120 Å². The smallest absolute Gasteiger partial charge is 0.174 e. The standard InChI is InChI=1S/C12H16IN5/c1-12(2,3)6-8-10(13)11(14)18(17-8)9-7-15-4-5-16-9/h4-5,7H,6,14H2,1-3H3. The third kappa shape index (κ3) is 2.80. The van der Waals surface area contributed by atoms with Crippen LogP contribution in [0, 0.1) is 8.99 Å². The molecule has 0 atom stereocenters. The van der Waals surface area contributed by atoms with Gasteiger partial charge >= 0.3 is 0 Å². The van der Waals surface area contributed by atoms with Crippen molar-refractivity contribution in [3.63, 3.8) is 0 Å². The van der Waals surface area contributed by atoms with Crippen LogP contribution in [-0.4, -0.2) is 19.7 Å². The van der Waals surface area contributed by atoms with E-state index in [1.807, 2.05) is 0 Å². The van der Waals surface area contributed by atoms with Gasteiger partial charge in [0.25, 0.3) is 0 Å². The van der Waals surface area contributed by atoms with Crippen LogP contribution in [0.2, 0.25) is 0 Å². The number of halogens is 1. The van der Waals surface area contributed by atoms with Gasteiger partial charge in [-0.15, -0.1) is 0 Å². The Kier molecular flexibility index (Phi) is 3.56. The topological polar surface area (TPSA) is 69.6 Å². The quantitative estimate of drug-likeness (QED) is 0.839. The molecule has 0 radical (unpaired) electrons. The lowest BCUT2D eigenvalue weighted by Crippen LogP contribution is -2.11. The normalized spacial score (nSPS) is 11.8. The zero-order valence-corrected chi connectivity index (χ0v) is 12.8. The minimum Gasteiger partial charge on any atom is -0.383 e. The van der Waals surface area contributed by atoms with Gasteiger partial charge in [0.05, 0.1) is 15.5 Å². The number of rotatable bonds is 2. The van der Waals surface area contributed by atoms with Gasteiger partial charge in [-0.3, -0.25) is 4.98 Å². The Morgan fingerprint density at radius 3 is 2.61 bits per heavy atom. The molecular weight excluding hydrogens is 341 g/mol. The first kappa shape index (κ1) is 13.3. The highest BCUT2D eigenvalue weighted by Gasteiger charge is 2.20. The summed E-state index contributed by atoms with van der Waals surface area (Å²) in [4.78, 5) is 8.25. The first-order valence-corrected chi connectivity index (χ1v) is 6.75. The molecule has 96 valence electrons. The predicted octanol–water partition coefficient (Wildman–Crippen LogP) is 2.44. The van der Waals surface area contributed by atoms with Crippen molar-refractivity contribution < 1.29 is 0 Å². The third-order valence-electron chi connectivity index (χ3n) is 2.39. The fourth-order valence-electron chi connectivity index (χ4n) is 1.65. The summed E-state index contributed by atoms with van der Waals surface area (Å²) in [6.07, 6.45) is 5.79. The Balaban J connectivity index is 2.43. The van der Waals surface area contributed by atoms with Crippen molar-refractivity contribution in [2.75, 3.05) is 5.73 Å². The molecule has 0 saturated heterocycles. The zero-order chi connectivity index (χ0) is 13.3. The predicted molar refractivity (Wildman–Crippen MR) is 79.4 cm³/mol. The lowest BCUT2D eigenvalue weighted by molar-refractivity contribution is 0.404. The summed E-state index contributed by atoms with van der Waals surface area (Å²) in [5, 5.41) is 4.55. The number of anilines is 1. The van der Waals surface area contributed by atoms with Gasteiger partial charge in [-0.05, 0) is 34.4 Å². The van der Waals surface area contributed by atoms with Crippen LogP contribution in [0.5, 0.6) is 0 Å². The molecule has 0 bridgehead atoms. The van der Waals surface area contributed by atoms with E-state index in [0.717, 1.165) is 15.7 Å². The zero-order valence-electron chi connectivity index (χ0n) is 10.7. The number of nitrogen functional groups attached to an aromatic ring is 1. The molecule has 18 heavy (non-hydrogen) atoms. The van der Waals surface area contributed by atoms with Crippen molar-refractivity contribution in [1.29, 1.82) is 0 Å². The Bertz CT molecular complexity index is 542. The summed E-state index contributed by atoms with van der Waals surface area (Å²) in [5.74, 6) is 1.27. The second-order valence-electron chi connectivity index (χ2n) is 5.36. The summed E-state index contributed by atoms with van der Waals surface area (Å²) < 4.78 is 2.64. The second kappa shape index (κ2) is 4.83. The number of nitrogens with zero attached hydrogens (tertiary/aromatic N) is 4. The number of hydrogen-bond acceptors (Lipinski definition) is 4. The molecule has 2 heterocycles. The molecule has 0 aliphatic heterocycles. The molecule has 0 aliphatic carbocycles. The van der Waals surface area contributed by atoms with E-state index in [0.29, 0.717) is 11.6 Å². The maximum Gasteiger partial charge on any atom is 0.174 e. The number of aromatic nitrogens is 4. The SMILES string of the molecule is CC(C)(C)Cc1nn(-c2cnccn2)c(N)c1I. The van der Waals surface area contributed by atoms with E-state index in [1.54, 1.807) is 23.3 Å². The fourth-order valence-corrected chi connectivity index (χ4v) is 2.18. The van der Waals surface area contributed by atoms with Crippen LogP contribution < -0.4 is 5.73 Å². The molecule has 2 N–H and O–H groups in total. The minimum absolute atomic E-state index is 0.175. The molecule has 5 nitrogen and oxygen atoms in total. The van der Waals surface area contributed by atoms with Crippen molar-refractivity contribution in [3.8, 4) is 5.82 Å². The van der Waals surface area contributed by atoms with Gasteiger partial charge in [0.1, 0.15) is 5.82 Å². The number of nitrogens with two attached hydrogens (primary N) is 1. The van der Waals surface area contributed by atoms with Crippen LogP contribution in [0.4, 0.5) is 5.82 Å². The Morgan fingerprint density at radius 1 is 1.33 bits per heavy atom. The van der Waals surface area contributed by atoms with E-state index in [1.165, 1.54) is 0 Å². The summed E-state index contributed by atoms with van der Waals surface area (Å²) in [6.45, 7) is 6.54. The molecule has 0 spiro atoms. The molecule has 0 fully saturated rings. The minimum atomic E-state index is 0.175. The molecule has 2 rings (SSSR count). The molecule has 0 aliphatic rings. The molecule has 2 aromatic heterocycles. The molecule has 0 saturated carbocycles. The lowest BCUT2D eigenvalue weighted by Gasteiger charge is -2.16. The maximum absolute atomic E-state index is 6.08. The highest BCUT2D eigenvalue weighted by atomic mass is 127. The maximum atomic E-state index is 6.08. The van der Waals surface area contributed by atoms with Crippen LogP contribution >= 0.6 is 22.6 Å². The van der Waals surface area contributed by atoms with Crippen LogP contribution in [-0.2, 0) is 6.42 Å². The van der Waals surface area contributed by atoms with Crippen LogP contribution in [0.3, 0.4) is 0 Å². The molecule has 2 aromatic rings. The fraction of sp³-hybridized carbons (Fsp3) is 0.417. The van der Waals surface area contributed by atoms with Gasteiger partial charge in [0.2, 0.25) is 0 Å². The van der Waals surface area contributed by atoms with Gasteiger partial charge in [0, 0.05) is 12.4 Å². The van der Waals surface area contributed by atoms with Crippen LogP contribution in [0.1, 0.15) is 26.5 Å². The van der Waals surface area contributed by atoms with Crippen molar-refractivity contribution in [1.82, 2.24) is 19.7 Å². The van der Waals surface area contributed by atoms with Gasteiger partial charge in [-0.1, -0.05) is 20.8 Å². The van der Waals surface area contributed by atoms with Crippen LogP contribution in [0.25, 0.3) is 5.82 Å². The van der Waals surface area contributed by atoms with E-state index in [4.69, 9.17) is 5.73 Å². The van der Waals surface area contributed by atoms with E-state index >= 15 is 0 Å². The van der Waals surface area contributed by atoms with Crippen molar-refractivity contribution in [2.45, 2.75) is 27.2 Å². The first-order chi connectivity index (χ1) is 8.38. The molecule has 6 heteroatoms. The van der Waals surface area contributed by atoms with Gasteiger partial charge in [-0.25, -0.2) is 4.98 Å². The Morgan fingerprint density at radius 2 is 2.06 bits per heavy atom. The van der Waals surface area contributed by atoms with Crippen molar-refractivity contribution in [3.05, 3.63) is 27.9 Å². The van der Waals surface area contributed by atoms with E-state index in [9.17, 15) is 0 Å². The largest absolute Gasteiger partial charge is 0.383 e. The highest BCUT2D eigenvalue weighted by molar-refractivity contribution is 14.1. The summed E-state index contributed by atoms with van der Waals surface area (Å²) in [6, 6.07) is 0. The highest BCUT2D eigenvalue weighted by Crippen LogP contribution is 2.27. The average molecular weight is 357 g/mol. The summed E-state index contributed by atoms with van der Waals surface area (Å²) in [7, 11) is 0. The Hall–Kier alpha value is -1.18. The van der Waals surface area contributed by atoms with Gasteiger partial charge < -0.3 is 5.73 Å². The van der Waals surface area contributed by atoms with Crippen molar-refractivity contribution >= 4 is 28.4 Å². The van der Waals surface area contributed by atoms with E-state index in [2.05, 4.69) is 58.4 Å². The molecular formula is C12H16IN5. The van der Waals surface area contributed by atoms with E-state index in [-0.39, 0.29) is 5.41 Å². The summed E-state index contributed by atoms with van der Waals surface area (Å²) >= 11 is 2.24. The van der Waals surface area contributed by atoms with Crippen molar-refractivity contribution in [2.24, 2.45) is 5.41 Å². The van der Waals surface area contributed by atoms with Crippen LogP contribution in [0.15, 0.2) is 18.6 Å². The molecule has 0 unspecified atom stereocenters. The van der Waals surface area contributed by atoms with Gasteiger partial charge in [0.15, 0.2) is 5.82 Å². The summed E-state index contributed by atoms with van der Waals surface area (Å²) in [5.41, 5.74) is 7.26. The molecule has 0 aromatic carbocycles.